The van der Waals surface area contributed by atoms with Gasteiger partial charge in [-0.05, 0) is 36.1 Å². The number of aromatic nitrogens is 1. The molecule has 2 aromatic rings. The van der Waals surface area contributed by atoms with E-state index in [1.807, 2.05) is 24.3 Å². The average Bonchev–Trinajstić information content (AvgIpc) is 2.78. The van der Waals surface area contributed by atoms with E-state index in [0.717, 1.165) is 30.0 Å². The predicted octanol–water partition coefficient (Wildman–Crippen LogP) is 3.13. The molecular weight excluding hydrogens is 262 g/mol. The van der Waals surface area contributed by atoms with Crippen molar-refractivity contribution < 1.29 is 4.79 Å². The van der Waals surface area contributed by atoms with Gasteiger partial charge in [-0.2, -0.15) is 0 Å². The van der Waals surface area contributed by atoms with Gasteiger partial charge in [-0.3, -0.25) is 4.79 Å². The molecule has 1 aromatic heterocycles. The summed E-state index contributed by atoms with van der Waals surface area (Å²) in [6, 6.07) is 9.76. The third kappa shape index (κ3) is 2.84. The first-order chi connectivity index (χ1) is 9.94. The first kappa shape index (κ1) is 13.9. The summed E-state index contributed by atoms with van der Waals surface area (Å²) in [5.41, 5.74) is 6.67. The van der Waals surface area contributed by atoms with E-state index in [0.29, 0.717) is 16.9 Å². The lowest BCUT2D eigenvalue weighted by Gasteiger charge is -2.17. The highest BCUT2D eigenvalue weighted by Gasteiger charge is 2.32. The summed E-state index contributed by atoms with van der Waals surface area (Å²) in [7, 11) is 0. The molecular formula is C17H21N3O. The number of benzene rings is 1. The van der Waals surface area contributed by atoms with Crippen molar-refractivity contribution in [3.63, 3.8) is 0 Å². The molecule has 0 spiro atoms. The zero-order chi connectivity index (χ0) is 15.0. The number of nitrogens with two attached hydrogens (primary N) is 1. The number of nitrogen functional groups attached to an aromatic ring is 1. The number of nitrogens with one attached hydrogen (secondary N) is 1. The van der Waals surface area contributed by atoms with Gasteiger partial charge >= 0.3 is 0 Å². The van der Waals surface area contributed by atoms with Crippen LogP contribution in [-0.2, 0) is 0 Å². The highest BCUT2D eigenvalue weighted by molar-refractivity contribution is 5.99. The second-order valence-corrected chi connectivity index (χ2v) is 6.69. The van der Waals surface area contributed by atoms with Crippen LogP contribution in [0.15, 0.2) is 30.3 Å². The van der Waals surface area contributed by atoms with Crippen molar-refractivity contribution in [2.75, 3.05) is 5.73 Å². The lowest BCUT2D eigenvalue weighted by Crippen LogP contribution is -2.34. The summed E-state index contributed by atoms with van der Waals surface area (Å²) in [5, 5.41) is 4.92. The number of hydrogen-bond acceptors (Lipinski definition) is 3. The zero-order valence-electron chi connectivity index (χ0n) is 12.5. The third-order valence-corrected chi connectivity index (χ3v) is 4.31. The maximum Gasteiger partial charge on any atom is 0.270 e. The van der Waals surface area contributed by atoms with Crippen LogP contribution in [0, 0.1) is 5.41 Å². The number of carbonyl (C=O) groups is 1. The quantitative estimate of drug-likeness (QED) is 0.889. The third-order valence-electron chi connectivity index (χ3n) is 4.31. The van der Waals surface area contributed by atoms with Crippen LogP contribution in [0.1, 0.15) is 43.6 Å². The number of anilines is 1. The predicted molar refractivity (Wildman–Crippen MR) is 85.0 cm³/mol. The summed E-state index contributed by atoms with van der Waals surface area (Å²) < 4.78 is 0. The number of carbonyl (C=O) groups excluding carboxylic acids is 1. The Labute approximate surface area is 124 Å². The van der Waals surface area contributed by atoms with Gasteiger partial charge < -0.3 is 11.1 Å². The molecule has 1 fully saturated rings. The fraction of sp³-hybridized carbons (Fsp3) is 0.412. The van der Waals surface area contributed by atoms with Crippen LogP contribution in [0.4, 0.5) is 5.82 Å². The summed E-state index contributed by atoms with van der Waals surface area (Å²) in [5.74, 6) is 0.278. The average molecular weight is 283 g/mol. The molecule has 21 heavy (non-hydrogen) atoms. The minimum atomic E-state index is -0.129. The van der Waals surface area contributed by atoms with Crippen molar-refractivity contribution in [1.29, 1.82) is 0 Å². The fourth-order valence-corrected chi connectivity index (χ4v) is 3.16. The molecule has 110 valence electrons. The molecule has 1 aromatic carbocycles. The summed E-state index contributed by atoms with van der Waals surface area (Å²) in [6.07, 6.45) is 3.19. The van der Waals surface area contributed by atoms with Crippen LogP contribution in [0.3, 0.4) is 0 Å². The maximum atomic E-state index is 12.4. The Kier molecular flexibility index (Phi) is 3.32. The van der Waals surface area contributed by atoms with Crippen molar-refractivity contribution >= 4 is 22.5 Å². The number of nitrogens with zero attached hydrogens (tertiary/aromatic N) is 1. The summed E-state index contributed by atoms with van der Waals surface area (Å²) in [6.45, 7) is 4.48. The van der Waals surface area contributed by atoms with Gasteiger partial charge in [-0.15, -0.1) is 0 Å². The van der Waals surface area contributed by atoms with Gasteiger partial charge in [-0.1, -0.05) is 38.1 Å². The maximum absolute atomic E-state index is 12.4. The topological polar surface area (TPSA) is 68.0 Å². The van der Waals surface area contributed by atoms with Crippen LogP contribution < -0.4 is 11.1 Å². The Morgan fingerprint density at radius 1 is 1.38 bits per heavy atom. The first-order valence-corrected chi connectivity index (χ1v) is 7.41. The molecule has 1 heterocycles. The second kappa shape index (κ2) is 5.02. The van der Waals surface area contributed by atoms with Crippen molar-refractivity contribution in [1.82, 2.24) is 10.3 Å². The Morgan fingerprint density at radius 3 is 2.86 bits per heavy atom. The van der Waals surface area contributed by atoms with Crippen LogP contribution in [-0.4, -0.2) is 16.9 Å². The molecule has 0 aliphatic heterocycles. The summed E-state index contributed by atoms with van der Waals surface area (Å²) in [4.78, 5) is 16.6. The molecule has 0 bridgehead atoms. The molecule has 3 N–H and O–H groups in total. The van der Waals surface area contributed by atoms with Gasteiger partial charge in [0.25, 0.3) is 5.91 Å². The summed E-state index contributed by atoms with van der Waals surface area (Å²) >= 11 is 0. The van der Waals surface area contributed by atoms with E-state index < -0.39 is 0 Å². The second-order valence-electron chi connectivity index (χ2n) is 6.69. The number of fused-ring (bicyclic) bond motifs is 1. The Balaban J connectivity index is 1.82. The minimum absolute atomic E-state index is 0.129. The molecule has 0 saturated heterocycles. The largest absolute Gasteiger partial charge is 0.383 e. The van der Waals surface area contributed by atoms with Crippen LogP contribution in [0.5, 0.6) is 0 Å². The molecule has 1 atom stereocenters. The number of rotatable bonds is 2. The first-order valence-electron chi connectivity index (χ1n) is 7.41. The molecule has 1 unspecified atom stereocenters. The highest BCUT2D eigenvalue weighted by atomic mass is 16.1. The Morgan fingerprint density at radius 2 is 2.14 bits per heavy atom. The molecule has 1 amide bonds. The van der Waals surface area contributed by atoms with E-state index >= 15 is 0 Å². The van der Waals surface area contributed by atoms with Gasteiger partial charge in [0.05, 0.1) is 0 Å². The minimum Gasteiger partial charge on any atom is -0.383 e. The number of hydrogen-bond donors (Lipinski definition) is 2. The Hall–Kier alpha value is -2.10. The molecule has 1 aliphatic carbocycles. The van der Waals surface area contributed by atoms with E-state index in [9.17, 15) is 4.79 Å². The van der Waals surface area contributed by atoms with Crippen molar-refractivity contribution in [2.24, 2.45) is 5.41 Å². The van der Waals surface area contributed by atoms with E-state index in [1.165, 1.54) is 0 Å². The van der Waals surface area contributed by atoms with Crippen LogP contribution in [0.25, 0.3) is 10.8 Å². The molecule has 1 saturated carbocycles. The van der Waals surface area contributed by atoms with Crippen molar-refractivity contribution in [3.8, 4) is 0 Å². The van der Waals surface area contributed by atoms with E-state index in [4.69, 9.17) is 5.73 Å². The lowest BCUT2D eigenvalue weighted by atomic mass is 9.92. The molecule has 3 rings (SSSR count). The SMILES string of the molecule is CC1(C)CCC(NC(=O)c2cc3ccccc3c(N)n2)C1. The van der Waals surface area contributed by atoms with Gasteiger partial charge in [0.1, 0.15) is 11.5 Å². The highest BCUT2D eigenvalue weighted by Crippen LogP contribution is 2.37. The molecule has 0 radical (unpaired) electrons. The van der Waals surface area contributed by atoms with Gasteiger partial charge in [0.2, 0.25) is 0 Å². The molecule has 1 aliphatic rings. The normalized spacial score (nSPS) is 20.6. The Bertz CT molecular complexity index is 693. The number of amides is 1. The fourth-order valence-electron chi connectivity index (χ4n) is 3.16. The van der Waals surface area contributed by atoms with E-state index in [1.54, 1.807) is 6.07 Å². The van der Waals surface area contributed by atoms with Gasteiger partial charge in [-0.25, -0.2) is 4.98 Å². The zero-order valence-corrected chi connectivity index (χ0v) is 12.5. The number of pyridine rings is 1. The molecule has 4 heteroatoms. The smallest absolute Gasteiger partial charge is 0.270 e. The van der Waals surface area contributed by atoms with E-state index in [-0.39, 0.29) is 11.9 Å². The van der Waals surface area contributed by atoms with Crippen molar-refractivity contribution in [2.45, 2.75) is 39.2 Å². The van der Waals surface area contributed by atoms with Crippen LogP contribution >= 0.6 is 0 Å². The van der Waals surface area contributed by atoms with Crippen LogP contribution in [0.2, 0.25) is 0 Å². The lowest BCUT2D eigenvalue weighted by molar-refractivity contribution is 0.0931. The van der Waals surface area contributed by atoms with E-state index in [2.05, 4.69) is 24.1 Å². The van der Waals surface area contributed by atoms with Gasteiger partial charge in [0, 0.05) is 11.4 Å². The standard InChI is InChI=1S/C17H21N3O/c1-17(2)8-7-12(10-17)19-16(21)14-9-11-5-3-4-6-13(11)15(18)20-14/h3-6,9,12H,7-8,10H2,1-2H3,(H2,18,20)(H,19,21). The molecule has 4 nitrogen and oxygen atoms in total. The van der Waals surface area contributed by atoms with Crippen molar-refractivity contribution in [3.05, 3.63) is 36.0 Å². The monoisotopic (exact) mass is 283 g/mol. The van der Waals surface area contributed by atoms with Gasteiger partial charge in [0.15, 0.2) is 0 Å².